The van der Waals surface area contributed by atoms with Crippen LogP contribution >= 0.6 is 0 Å². The number of ether oxygens (including phenoxy) is 2. The Morgan fingerprint density at radius 3 is 1.97 bits per heavy atom. The number of hydrogen-bond acceptors (Lipinski definition) is 7. The normalized spacial score (nSPS) is 10.8. The molecule has 0 heterocycles. The first kappa shape index (κ1) is 22.9. The maximum absolute atomic E-state index is 12.6. The van der Waals surface area contributed by atoms with Gasteiger partial charge in [-0.2, -0.15) is 0 Å². The van der Waals surface area contributed by atoms with E-state index in [9.17, 15) is 22.8 Å². The zero-order valence-corrected chi connectivity index (χ0v) is 17.8. The highest BCUT2D eigenvalue weighted by atomic mass is 32.2. The van der Waals surface area contributed by atoms with Crippen molar-refractivity contribution in [1.82, 2.24) is 0 Å². The minimum Gasteiger partial charge on any atom is -0.465 e. The van der Waals surface area contributed by atoms with Gasteiger partial charge in [-0.1, -0.05) is 18.2 Å². The van der Waals surface area contributed by atoms with E-state index in [4.69, 9.17) is 0 Å². The van der Waals surface area contributed by atoms with Crippen LogP contribution in [-0.4, -0.2) is 53.3 Å². The van der Waals surface area contributed by atoms with Gasteiger partial charge in [-0.25, -0.2) is 18.0 Å². The SMILES string of the molecule is COC(=O)c1cc(NC(=O)CN(c2ccccc2C)S(C)(=O)=O)cc(C(=O)OC)c1. The summed E-state index contributed by atoms with van der Waals surface area (Å²) in [7, 11) is -1.40. The lowest BCUT2D eigenvalue weighted by atomic mass is 10.1. The molecule has 0 fully saturated rings. The maximum atomic E-state index is 12.6. The monoisotopic (exact) mass is 434 g/mol. The predicted octanol–water partition coefficient (Wildman–Crippen LogP) is 1.97. The number of anilines is 2. The summed E-state index contributed by atoms with van der Waals surface area (Å²) in [6.45, 7) is 1.23. The molecule has 9 nitrogen and oxygen atoms in total. The molecule has 10 heteroatoms. The van der Waals surface area contributed by atoms with Gasteiger partial charge in [0.1, 0.15) is 6.54 Å². The number of para-hydroxylation sites is 1. The van der Waals surface area contributed by atoms with E-state index in [0.29, 0.717) is 11.3 Å². The Hall–Kier alpha value is -3.40. The van der Waals surface area contributed by atoms with Gasteiger partial charge in [0.25, 0.3) is 0 Å². The van der Waals surface area contributed by atoms with Crippen LogP contribution in [-0.2, 0) is 24.3 Å². The number of rotatable bonds is 7. The number of hydrogen-bond donors (Lipinski definition) is 1. The average molecular weight is 434 g/mol. The fourth-order valence-electron chi connectivity index (χ4n) is 2.73. The smallest absolute Gasteiger partial charge is 0.337 e. The lowest BCUT2D eigenvalue weighted by molar-refractivity contribution is -0.114. The molecule has 0 saturated heterocycles. The van der Waals surface area contributed by atoms with E-state index in [2.05, 4.69) is 14.8 Å². The lowest BCUT2D eigenvalue weighted by Gasteiger charge is -2.23. The Kier molecular flexibility index (Phi) is 7.17. The fourth-order valence-corrected chi connectivity index (χ4v) is 3.64. The molecule has 0 aliphatic rings. The summed E-state index contributed by atoms with van der Waals surface area (Å²) < 4.78 is 34.8. The number of methoxy groups -OCH3 is 2. The molecule has 0 bridgehead atoms. The van der Waals surface area contributed by atoms with E-state index < -0.39 is 34.4 Å². The quantitative estimate of drug-likeness (QED) is 0.662. The largest absolute Gasteiger partial charge is 0.465 e. The van der Waals surface area contributed by atoms with Crippen LogP contribution in [0.5, 0.6) is 0 Å². The second-order valence-corrected chi connectivity index (χ2v) is 8.29. The topological polar surface area (TPSA) is 119 Å². The maximum Gasteiger partial charge on any atom is 0.337 e. The summed E-state index contributed by atoms with van der Waals surface area (Å²) in [5.74, 6) is -2.09. The number of esters is 2. The van der Waals surface area contributed by atoms with Crippen LogP contribution in [0.3, 0.4) is 0 Å². The highest BCUT2D eigenvalue weighted by molar-refractivity contribution is 7.92. The van der Waals surface area contributed by atoms with Crippen LogP contribution in [0, 0.1) is 6.92 Å². The number of aryl methyl sites for hydroxylation is 1. The van der Waals surface area contributed by atoms with Gasteiger partial charge >= 0.3 is 11.9 Å². The molecule has 0 radical (unpaired) electrons. The van der Waals surface area contributed by atoms with Gasteiger partial charge < -0.3 is 14.8 Å². The third-order valence-electron chi connectivity index (χ3n) is 4.13. The van der Waals surface area contributed by atoms with Crippen molar-refractivity contribution in [3.8, 4) is 0 Å². The van der Waals surface area contributed by atoms with E-state index in [-0.39, 0.29) is 16.8 Å². The lowest BCUT2D eigenvalue weighted by Crippen LogP contribution is -2.37. The molecule has 160 valence electrons. The van der Waals surface area contributed by atoms with E-state index >= 15 is 0 Å². The molecule has 30 heavy (non-hydrogen) atoms. The van der Waals surface area contributed by atoms with Crippen molar-refractivity contribution in [2.24, 2.45) is 0 Å². The zero-order chi connectivity index (χ0) is 22.5. The third-order valence-corrected chi connectivity index (χ3v) is 5.26. The van der Waals surface area contributed by atoms with Crippen LogP contribution in [0.4, 0.5) is 11.4 Å². The molecular formula is C20H22N2O7S. The fraction of sp³-hybridized carbons (Fsp3) is 0.250. The van der Waals surface area contributed by atoms with Gasteiger partial charge in [0.2, 0.25) is 15.9 Å². The summed E-state index contributed by atoms with van der Waals surface area (Å²) >= 11 is 0. The van der Waals surface area contributed by atoms with Crippen molar-refractivity contribution < 1.29 is 32.3 Å². The minimum atomic E-state index is -3.75. The van der Waals surface area contributed by atoms with Crippen molar-refractivity contribution in [1.29, 1.82) is 0 Å². The molecule has 0 saturated carbocycles. The molecule has 0 unspecified atom stereocenters. The van der Waals surface area contributed by atoms with Crippen LogP contribution in [0.1, 0.15) is 26.3 Å². The van der Waals surface area contributed by atoms with Crippen LogP contribution in [0.2, 0.25) is 0 Å². The molecule has 2 aromatic rings. The Morgan fingerprint density at radius 2 is 1.50 bits per heavy atom. The molecule has 0 spiro atoms. The first-order valence-electron chi connectivity index (χ1n) is 8.71. The van der Waals surface area contributed by atoms with Crippen molar-refractivity contribution >= 4 is 39.2 Å². The molecular weight excluding hydrogens is 412 g/mol. The van der Waals surface area contributed by atoms with E-state index in [1.807, 2.05) is 0 Å². The van der Waals surface area contributed by atoms with Crippen LogP contribution in [0.25, 0.3) is 0 Å². The summed E-state index contributed by atoms with van der Waals surface area (Å²) in [5, 5.41) is 2.51. The Balaban J connectivity index is 2.34. The van der Waals surface area contributed by atoms with Gasteiger partial charge in [0.15, 0.2) is 0 Å². The van der Waals surface area contributed by atoms with Gasteiger partial charge in [-0.05, 0) is 36.8 Å². The number of sulfonamides is 1. The Morgan fingerprint density at radius 1 is 0.967 bits per heavy atom. The standard InChI is InChI=1S/C20H22N2O7S/c1-13-7-5-6-8-17(13)22(30(4,26)27)12-18(23)21-16-10-14(19(24)28-2)9-15(11-16)20(25)29-3/h5-11H,12H2,1-4H3,(H,21,23). The summed E-state index contributed by atoms with van der Waals surface area (Å²) in [6.07, 6.45) is 1.000. The van der Waals surface area contributed by atoms with Crippen LogP contribution in [0.15, 0.2) is 42.5 Å². The molecule has 1 amide bonds. The second-order valence-electron chi connectivity index (χ2n) is 6.39. The number of amides is 1. The van der Waals surface area contributed by atoms with E-state index in [1.165, 1.54) is 32.4 Å². The second kappa shape index (κ2) is 9.40. The van der Waals surface area contributed by atoms with Crippen molar-refractivity contribution in [3.63, 3.8) is 0 Å². The number of nitrogens with zero attached hydrogens (tertiary/aromatic N) is 1. The summed E-state index contributed by atoms with van der Waals surface area (Å²) in [5.41, 5.74) is 1.20. The summed E-state index contributed by atoms with van der Waals surface area (Å²) in [6, 6.07) is 10.6. The van der Waals surface area contributed by atoms with E-state index in [1.54, 1.807) is 31.2 Å². The van der Waals surface area contributed by atoms with Gasteiger partial charge in [0, 0.05) is 5.69 Å². The van der Waals surface area contributed by atoms with Crippen LogP contribution < -0.4 is 9.62 Å². The summed E-state index contributed by atoms with van der Waals surface area (Å²) in [4.78, 5) is 36.3. The van der Waals surface area contributed by atoms with Crippen molar-refractivity contribution in [2.45, 2.75) is 6.92 Å². The number of nitrogens with one attached hydrogen (secondary N) is 1. The number of carbonyl (C=O) groups excluding carboxylic acids is 3. The predicted molar refractivity (Wildman–Crippen MR) is 111 cm³/mol. The molecule has 0 aromatic heterocycles. The molecule has 2 aromatic carbocycles. The number of carbonyl (C=O) groups is 3. The molecule has 2 rings (SSSR count). The zero-order valence-electron chi connectivity index (χ0n) is 17.0. The number of benzene rings is 2. The van der Waals surface area contributed by atoms with Gasteiger partial charge in [-0.15, -0.1) is 0 Å². The molecule has 0 aliphatic carbocycles. The van der Waals surface area contributed by atoms with E-state index in [0.717, 1.165) is 10.6 Å². The Bertz CT molecular complexity index is 1050. The van der Waals surface area contributed by atoms with Gasteiger partial charge in [0.05, 0.1) is 37.3 Å². The first-order valence-corrected chi connectivity index (χ1v) is 10.6. The first-order chi connectivity index (χ1) is 14.1. The molecule has 0 aliphatic heterocycles. The van der Waals surface area contributed by atoms with Crippen molar-refractivity contribution in [2.75, 3.05) is 36.6 Å². The Labute approximate surface area is 174 Å². The molecule has 0 atom stereocenters. The molecule has 1 N–H and O–H groups in total. The van der Waals surface area contributed by atoms with Gasteiger partial charge in [-0.3, -0.25) is 9.10 Å². The highest BCUT2D eigenvalue weighted by Crippen LogP contribution is 2.22. The third kappa shape index (κ3) is 5.57. The van der Waals surface area contributed by atoms with Crippen molar-refractivity contribution in [3.05, 3.63) is 59.2 Å². The average Bonchev–Trinajstić information content (AvgIpc) is 2.70. The highest BCUT2D eigenvalue weighted by Gasteiger charge is 2.23. The minimum absolute atomic E-state index is 0.0228.